The van der Waals surface area contributed by atoms with E-state index in [9.17, 15) is 4.39 Å². The van der Waals surface area contributed by atoms with Gasteiger partial charge in [0, 0.05) is 38.9 Å². The van der Waals surface area contributed by atoms with Crippen LogP contribution in [-0.2, 0) is 13.0 Å². The molecule has 0 radical (unpaired) electrons. The van der Waals surface area contributed by atoms with Crippen molar-refractivity contribution >= 4 is 5.82 Å². The van der Waals surface area contributed by atoms with Crippen molar-refractivity contribution in [1.82, 2.24) is 24.9 Å². The second-order valence-electron chi connectivity index (χ2n) is 9.54. The van der Waals surface area contributed by atoms with Gasteiger partial charge in [-0.25, -0.2) is 4.98 Å². The number of aromatic nitrogens is 4. The summed E-state index contributed by atoms with van der Waals surface area (Å²) in [4.78, 5) is 8.67. The van der Waals surface area contributed by atoms with Crippen molar-refractivity contribution < 1.29 is 4.39 Å². The number of anilines is 1. The molecule has 4 rings (SSSR count). The van der Waals surface area contributed by atoms with E-state index < -0.39 is 5.95 Å². The number of halogens is 1. The van der Waals surface area contributed by atoms with E-state index in [1.54, 1.807) is 6.07 Å². The first-order valence-corrected chi connectivity index (χ1v) is 12.1. The van der Waals surface area contributed by atoms with E-state index in [0.29, 0.717) is 0 Å². The third kappa shape index (κ3) is 6.03. The number of pyridine rings is 1. The second kappa shape index (κ2) is 10.5. The van der Waals surface area contributed by atoms with Crippen molar-refractivity contribution in [2.75, 3.05) is 37.6 Å². The third-order valence-electron chi connectivity index (χ3n) is 7.16. The van der Waals surface area contributed by atoms with Crippen molar-refractivity contribution in [3.63, 3.8) is 0 Å². The van der Waals surface area contributed by atoms with Crippen molar-refractivity contribution in [3.05, 3.63) is 36.0 Å². The Morgan fingerprint density at radius 1 is 1.06 bits per heavy atom. The zero-order valence-electron chi connectivity index (χ0n) is 19.1. The summed E-state index contributed by atoms with van der Waals surface area (Å²) in [6.45, 7) is 10.7. The van der Waals surface area contributed by atoms with Gasteiger partial charge < -0.3 is 4.90 Å². The Balaban J connectivity index is 1.14. The molecule has 6 nitrogen and oxygen atoms in total. The van der Waals surface area contributed by atoms with Gasteiger partial charge in [-0.15, -0.1) is 5.10 Å². The van der Waals surface area contributed by atoms with E-state index in [4.69, 9.17) is 0 Å². The number of unbranched alkanes of at least 4 members (excludes halogenated alkanes) is 1. The Bertz CT molecular complexity index is 816. The van der Waals surface area contributed by atoms with E-state index >= 15 is 0 Å². The molecule has 0 amide bonds. The molecule has 0 bridgehead atoms. The fourth-order valence-electron chi connectivity index (χ4n) is 5.44. The Morgan fingerprint density at radius 3 is 2.65 bits per heavy atom. The molecular formula is C24H37FN6. The maximum atomic E-state index is 13.3. The molecule has 170 valence electrons. The number of nitrogens with zero attached hydrogens (tertiary/aromatic N) is 6. The van der Waals surface area contributed by atoms with Gasteiger partial charge in [0.25, 0.3) is 0 Å². The monoisotopic (exact) mass is 428 g/mol. The molecule has 0 N–H and O–H groups in total. The predicted octanol–water partition coefficient (Wildman–Crippen LogP) is 4.03. The lowest BCUT2D eigenvalue weighted by Gasteiger charge is -2.35. The summed E-state index contributed by atoms with van der Waals surface area (Å²) < 4.78 is 15.4. The van der Waals surface area contributed by atoms with Crippen LogP contribution in [0.2, 0.25) is 0 Å². The Labute approximate surface area is 185 Å². The van der Waals surface area contributed by atoms with Gasteiger partial charge in [0.1, 0.15) is 5.82 Å². The van der Waals surface area contributed by atoms with Crippen LogP contribution in [0, 0.1) is 23.7 Å². The van der Waals surface area contributed by atoms with Crippen LogP contribution >= 0.6 is 0 Å². The molecule has 3 unspecified atom stereocenters. The summed E-state index contributed by atoms with van der Waals surface area (Å²) in [6, 6.07) is 5.02. The molecule has 1 aliphatic heterocycles. The highest BCUT2D eigenvalue weighted by Gasteiger charge is 2.31. The van der Waals surface area contributed by atoms with Crippen LogP contribution < -0.4 is 4.90 Å². The molecule has 2 aliphatic rings. The summed E-state index contributed by atoms with van der Waals surface area (Å²) in [5.74, 6) is 2.81. The van der Waals surface area contributed by atoms with Gasteiger partial charge in [-0.05, 0) is 68.5 Å². The summed E-state index contributed by atoms with van der Waals surface area (Å²) >= 11 is 0. The quantitative estimate of drug-likeness (QED) is 0.446. The van der Waals surface area contributed by atoms with E-state index in [1.165, 1.54) is 31.7 Å². The van der Waals surface area contributed by atoms with Crippen molar-refractivity contribution in [1.29, 1.82) is 0 Å². The van der Waals surface area contributed by atoms with Crippen LogP contribution in [0.1, 0.15) is 51.6 Å². The highest BCUT2D eigenvalue weighted by molar-refractivity contribution is 5.38. The molecule has 3 heterocycles. The molecule has 3 atom stereocenters. The summed E-state index contributed by atoms with van der Waals surface area (Å²) in [6.07, 6.45) is 9.47. The highest BCUT2D eigenvalue weighted by atomic mass is 19.1. The van der Waals surface area contributed by atoms with Crippen molar-refractivity contribution in [2.45, 2.75) is 58.9 Å². The minimum Gasteiger partial charge on any atom is -0.354 e. The molecule has 1 saturated carbocycles. The predicted molar refractivity (Wildman–Crippen MR) is 121 cm³/mol. The van der Waals surface area contributed by atoms with E-state index in [2.05, 4.69) is 49.8 Å². The van der Waals surface area contributed by atoms with Gasteiger partial charge >= 0.3 is 0 Å². The first-order valence-electron chi connectivity index (χ1n) is 12.1. The topological polar surface area (TPSA) is 50.1 Å². The molecule has 31 heavy (non-hydrogen) atoms. The molecule has 0 spiro atoms. The molecule has 0 aromatic carbocycles. The average molecular weight is 429 g/mol. The van der Waals surface area contributed by atoms with Crippen LogP contribution in [0.15, 0.2) is 24.4 Å². The zero-order chi connectivity index (χ0) is 21.6. The number of hydrogen-bond donors (Lipinski definition) is 0. The minimum absolute atomic E-state index is 0.403. The molecule has 2 fully saturated rings. The average Bonchev–Trinajstić information content (AvgIpc) is 3.37. The van der Waals surface area contributed by atoms with Gasteiger partial charge in [0.15, 0.2) is 0 Å². The summed E-state index contributed by atoms with van der Waals surface area (Å²) in [7, 11) is 0. The molecule has 2 aromatic heterocycles. The van der Waals surface area contributed by atoms with Gasteiger partial charge in [-0.2, -0.15) is 4.39 Å². The van der Waals surface area contributed by atoms with Crippen LogP contribution in [0.3, 0.4) is 0 Å². The third-order valence-corrected chi connectivity index (χ3v) is 7.16. The normalized spacial score (nSPS) is 24.7. The standard InChI is InChI=1S/C24H37FN6/c1-3-20-15-19(2)16-21(20)17-31-18-22(27-28-31)7-4-5-10-29-11-13-30(14-12-29)24-9-6-8-23(25)26-24/h6,8-9,18-21H,3-5,7,10-17H2,1-2H3. The molecular weight excluding hydrogens is 391 g/mol. The highest BCUT2D eigenvalue weighted by Crippen LogP contribution is 2.38. The second-order valence-corrected chi connectivity index (χ2v) is 9.54. The van der Waals surface area contributed by atoms with Gasteiger partial charge in [0.05, 0.1) is 5.69 Å². The Morgan fingerprint density at radius 2 is 1.87 bits per heavy atom. The van der Waals surface area contributed by atoms with Crippen LogP contribution in [0.5, 0.6) is 0 Å². The fraction of sp³-hybridized carbons (Fsp3) is 0.708. The van der Waals surface area contributed by atoms with Gasteiger partial charge in [-0.1, -0.05) is 31.5 Å². The molecule has 2 aromatic rings. The van der Waals surface area contributed by atoms with Crippen LogP contribution in [-0.4, -0.2) is 57.6 Å². The molecule has 1 saturated heterocycles. The zero-order valence-corrected chi connectivity index (χ0v) is 19.1. The Hall–Kier alpha value is -2.02. The Kier molecular flexibility index (Phi) is 7.54. The van der Waals surface area contributed by atoms with E-state index in [-0.39, 0.29) is 0 Å². The molecule has 7 heteroatoms. The van der Waals surface area contributed by atoms with E-state index in [0.717, 1.165) is 81.4 Å². The maximum absolute atomic E-state index is 13.3. The SMILES string of the molecule is CCC1CC(C)CC1Cn1cc(CCCCN2CCN(c3cccc(F)n3)CC2)nn1. The van der Waals surface area contributed by atoms with Crippen molar-refractivity contribution in [2.24, 2.45) is 17.8 Å². The number of rotatable bonds is 9. The molecule has 1 aliphatic carbocycles. The first kappa shape index (κ1) is 22.2. The van der Waals surface area contributed by atoms with Crippen LogP contribution in [0.4, 0.5) is 10.2 Å². The smallest absolute Gasteiger partial charge is 0.214 e. The lowest BCUT2D eigenvalue weighted by Crippen LogP contribution is -2.47. The number of aryl methyl sites for hydroxylation is 1. The number of hydrogen-bond acceptors (Lipinski definition) is 5. The van der Waals surface area contributed by atoms with Crippen LogP contribution in [0.25, 0.3) is 0 Å². The largest absolute Gasteiger partial charge is 0.354 e. The minimum atomic E-state index is -0.403. The van der Waals surface area contributed by atoms with E-state index in [1.807, 2.05) is 6.07 Å². The lowest BCUT2D eigenvalue weighted by atomic mass is 9.94. The van der Waals surface area contributed by atoms with Gasteiger partial charge in [-0.3, -0.25) is 9.58 Å². The maximum Gasteiger partial charge on any atom is 0.214 e. The first-order chi connectivity index (χ1) is 15.1. The summed E-state index contributed by atoms with van der Waals surface area (Å²) in [5.41, 5.74) is 1.13. The van der Waals surface area contributed by atoms with Crippen molar-refractivity contribution in [3.8, 4) is 0 Å². The number of piperazine rings is 1. The van der Waals surface area contributed by atoms with Gasteiger partial charge in [0.2, 0.25) is 5.95 Å². The lowest BCUT2D eigenvalue weighted by molar-refractivity contribution is 0.252. The fourth-order valence-corrected chi connectivity index (χ4v) is 5.44. The summed E-state index contributed by atoms with van der Waals surface area (Å²) in [5, 5.41) is 8.82.